The first-order chi connectivity index (χ1) is 14.3. The second-order valence-corrected chi connectivity index (χ2v) is 8.54. The van der Waals surface area contributed by atoms with Gasteiger partial charge in [0.25, 0.3) is 11.5 Å². The quantitative estimate of drug-likeness (QED) is 0.660. The first-order valence-corrected chi connectivity index (χ1v) is 9.99. The molecule has 0 radical (unpaired) electrons. The molecule has 5 heteroatoms. The van der Waals surface area contributed by atoms with Gasteiger partial charge in [-0.3, -0.25) is 19.0 Å². The highest BCUT2D eigenvalue weighted by Crippen LogP contribution is 2.35. The van der Waals surface area contributed by atoms with Crippen molar-refractivity contribution in [3.8, 4) is 5.69 Å². The largest absolute Gasteiger partial charge is 0.311 e. The summed E-state index contributed by atoms with van der Waals surface area (Å²) in [5, 5.41) is 0. The first kappa shape index (κ1) is 19.8. The number of Topliss-reactive ketones (excluding diaryl/α,β-unsaturated/α-hetero) is 1. The van der Waals surface area contributed by atoms with E-state index in [1.54, 1.807) is 23.7 Å². The fourth-order valence-corrected chi connectivity index (χ4v) is 4.07. The second-order valence-electron chi connectivity index (χ2n) is 8.54. The molecular formula is C25H24N2O3. The van der Waals surface area contributed by atoms with Gasteiger partial charge in [0.05, 0.1) is 0 Å². The van der Waals surface area contributed by atoms with E-state index in [4.69, 9.17) is 0 Å². The molecule has 3 aromatic rings. The molecule has 1 aromatic heterocycles. The normalized spacial score (nSPS) is 14.8. The molecule has 1 heterocycles. The summed E-state index contributed by atoms with van der Waals surface area (Å²) in [7, 11) is 1.63. The van der Waals surface area contributed by atoms with Crippen LogP contribution in [0.25, 0.3) is 5.69 Å². The molecule has 152 valence electrons. The average Bonchev–Trinajstić information content (AvgIpc) is 2.73. The average molecular weight is 400 g/mol. The predicted octanol–water partition coefficient (Wildman–Crippen LogP) is 4.27. The van der Waals surface area contributed by atoms with Gasteiger partial charge in [0, 0.05) is 36.1 Å². The number of anilines is 1. The summed E-state index contributed by atoms with van der Waals surface area (Å²) in [5.74, 6) is -0.473. The molecule has 4 rings (SSSR count). The van der Waals surface area contributed by atoms with Crippen LogP contribution in [0.1, 0.15) is 46.7 Å². The summed E-state index contributed by atoms with van der Waals surface area (Å²) in [6.45, 7) is 4.05. The van der Waals surface area contributed by atoms with E-state index in [0.717, 1.165) is 0 Å². The van der Waals surface area contributed by atoms with Crippen molar-refractivity contribution in [2.24, 2.45) is 5.41 Å². The van der Waals surface area contributed by atoms with Crippen molar-refractivity contribution in [2.45, 2.75) is 26.7 Å². The van der Waals surface area contributed by atoms with E-state index in [2.05, 4.69) is 0 Å². The smallest absolute Gasteiger partial charge is 0.268 e. The molecule has 0 fully saturated rings. The third-order valence-corrected chi connectivity index (χ3v) is 5.58. The molecular weight excluding hydrogens is 376 g/mol. The van der Waals surface area contributed by atoms with Crippen LogP contribution >= 0.6 is 0 Å². The highest BCUT2D eigenvalue weighted by atomic mass is 16.2. The number of fused-ring (bicyclic) bond motifs is 1. The number of nitrogens with zero attached hydrogens (tertiary/aromatic N) is 2. The Morgan fingerprint density at radius 3 is 2.17 bits per heavy atom. The minimum Gasteiger partial charge on any atom is -0.311 e. The fourth-order valence-electron chi connectivity index (χ4n) is 4.07. The van der Waals surface area contributed by atoms with Crippen LogP contribution < -0.4 is 10.5 Å². The van der Waals surface area contributed by atoms with Crippen molar-refractivity contribution in [3.05, 3.63) is 93.9 Å². The van der Waals surface area contributed by atoms with Crippen LogP contribution in [0.15, 0.2) is 71.5 Å². The molecule has 0 bridgehead atoms. The summed E-state index contributed by atoms with van der Waals surface area (Å²) in [5.41, 5.74) is 1.81. The Labute approximate surface area is 175 Å². The second kappa shape index (κ2) is 7.41. The lowest BCUT2D eigenvalue weighted by molar-refractivity contribution is 0.0908. The van der Waals surface area contributed by atoms with Crippen molar-refractivity contribution < 1.29 is 9.59 Å². The molecule has 1 amide bonds. The van der Waals surface area contributed by atoms with Crippen LogP contribution in [0, 0.1) is 5.41 Å². The number of carbonyl (C=O) groups excluding carboxylic acids is 2. The maximum Gasteiger partial charge on any atom is 0.268 e. The molecule has 0 atom stereocenters. The minimum atomic E-state index is -0.434. The molecule has 0 unspecified atom stereocenters. The first-order valence-electron chi connectivity index (χ1n) is 9.99. The minimum absolute atomic E-state index is 0.00277. The lowest BCUT2D eigenvalue weighted by Gasteiger charge is -2.32. The highest BCUT2D eigenvalue weighted by Gasteiger charge is 2.35. The van der Waals surface area contributed by atoms with Crippen molar-refractivity contribution in [1.29, 1.82) is 0 Å². The van der Waals surface area contributed by atoms with Gasteiger partial charge in [-0.1, -0.05) is 50.2 Å². The molecule has 5 nitrogen and oxygen atoms in total. The summed E-state index contributed by atoms with van der Waals surface area (Å²) in [6, 6.07) is 19.8. The highest BCUT2D eigenvalue weighted by molar-refractivity contribution is 6.08. The standard InChI is InChI=1S/C25H24N2O3/c1-25(2)15-21-19(22(28)16-25)14-20(23(29)26(3)17-10-6-4-7-11-17)24(30)27(21)18-12-8-5-9-13-18/h4-14H,15-16H2,1-3H3. The van der Waals surface area contributed by atoms with Crippen LogP contribution in [0.2, 0.25) is 0 Å². The molecule has 30 heavy (non-hydrogen) atoms. The zero-order valence-electron chi connectivity index (χ0n) is 17.4. The maximum atomic E-state index is 13.5. The molecule has 0 saturated carbocycles. The molecule has 0 N–H and O–H groups in total. The number of ketones is 1. The van der Waals surface area contributed by atoms with Gasteiger partial charge < -0.3 is 4.90 Å². The van der Waals surface area contributed by atoms with E-state index < -0.39 is 11.5 Å². The summed E-state index contributed by atoms with van der Waals surface area (Å²) in [4.78, 5) is 41.2. The lowest BCUT2D eigenvalue weighted by atomic mass is 9.75. The van der Waals surface area contributed by atoms with Gasteiger partial charge in [-0.25, -0.2) is 0 Å². The molecule has 1 aliphatic rings. The number of carbonyl (C=O) groups is 2. The van der Waals surface area contributed by atoms with Crippen molar-refractivity contribution in [2.75, 3.05) is 11.9 Å². The van der Waals surface area contributed by atoms with E-state index in [1.165, 1.54) is 11.0 Å². The molecule has 2 aromatic carbocycles. The number of benzene rings is 2. The number of hydrogen-bond acceptors (Lipinski definition) is 3. The van der Waals surface area contributed by atoms with Crippen LogP contribution in [0.3, 0.4) is 0 Å². The van der Waals surface area contributed by atoms with E-state index in [1.807, 2.05) is 62.4 Å². The van der Waals surface area contributed by atoms with Gasteiger partial charge in [0.1, 0.15) is 5.56 Å². The summed E-state index contributed by atoms with van der Waals surface area (Å²) >= 11 is 0. The zero-order valence-corrected chi connectivity index (χ0v) is 17.4. The Hall–Kier alpha value is -3.47. The van der Waals surface area contributed by atoms with E-state index in [-0.39, 0.29) is 16.8 Å². The zero-order chi connectivity index (χ0) is 21.5. The van der Waals surface area contributed by atoms with Crippen LogP contribution in [-0.2, 0) is 6.42 Å². The Kier molecular flexibility index (Phi) is 4.90. The Bertz CT molecular complexity index is 1180. The van der Waals surface area contributed by atoms with Crippen molar-refractivity contribution >= 4 is 17.4 Å². The topological polar surface area (TPSA) is 59.4 Å². The summed E-state index contributed by atoms with van der Waals surface area (Å²) in [6.07, 6.45) is 0.969. The number of pyridine rings is 1. The number of amides is 1. The van der Waals surface area contributed by atoms with Crippen LogP contribution in [0.4, 0.5) is 5.69 Å². The Balaban J connectivity index is 1.94. The van der Waals surface area contributed by atoms with Gasteiger partial charge >= 0.3 is 0 Å². The predicted molar refractivity (Wildman–Crippen MR) is 118 cm³/mol. The number of para-hydroxylation sites is 2. The lowest BCUT2D eigenvalue weighted by Crippen LogP contribution is -2.39. The van der Waals surface area contributed by atoms with E-state index >= 15 is 0 Å². The van der Waals surface area contributed by atoms with E-state index in [0.29, 0.717) is 35.5 Å². The van der Waals surface area contributed by atoms with Gasteiger partial charge in [0.15, 0.2) is 5.78 Å². The summed E-state index contributed by atoms with van der Waals surface area (Å²) < 4.78 is 1.54. The fraction of sp³-hybridized carbons (Fsp3) is 0.240. The molecule has 0 spiro atoms. The Morgan fingerprint density at radius 2 is 1.53 bits per heavy atom. The SMILES string of the molecule is CN(C(=O)c1cc2c(n(-c3ccccc3)c1=O)CC(C)(C)CC2=O)c1ccccc1. The number of hydrogen-bond donors (Lipinski definition) is 0. The van der Waals surface area contributed by atoms with Gasteiger partial charge in [0.2, 0.25) is 0 Å². The van der Waals surface area contributed by atoms with Crippen molar-refractivity contribution in [3.63, 3.8) is 0 Å². The van der Waals surface area contributed by atoms with Gasteiger partial charge in [-0.15, -0.1) is 0 Å². The number of rotatable bonds is 3. The number of aromatic nitrogens is 1. The molecule has 1 aliphatic carbocycles. The third kappa shape index (κ3) is 3.47. The molecule has 0 saturated heterocycles. The Morgan fingerprint density at radius 1 is 0.933 bits per heavy atom. The van der Waals surface area contributed by atoms with Crippen LogP contribution in [0.5, 0.6) is 0 Å². The van der Waals surface area contributed by atoms with Gasteiger partial charge in [-0.05, 0) is 42.2 Å². The van der Waals surface area contributed by atoms with E-state index in [9.17, 15) is 14.4 Å². The van der Waals surface area contributed by atoms with Crippen LogP contribution in [-0.4, -0.2) is 23.3 Å². The molecule has 0 aliphatic heterocycles. The van der Waals surface area contributed by atoms with Crippen molar-refractivity contribution in [1.82, 2.24) is 4.57 Å². The maximum absolute atomic E-state index is 13.5. The van der Waals surface area contributed by atoms with Gasteiger partial charge in [-0.2, -0.15) is 0 Å². The monoisotopic (exact) mass is 400 g/mol. The third-order valence-electron chi connectivity index (χ3n) is 5.58.